The second-order valence-corrected chi connectivity index (χ2v) is 6.47. The highest BCUT2D eigenvalue weighted by Gasteiger charge is 2.18. The van der Waals surface area contributed by atoms with E-state index in [1.807, 2.05) is 24.3 Å². The number of aromatic nitrogens is 3. The molecule has 1 fully saturated rings. The maximum atomic E-state index is 13.2. The second kappa shape index (κ2) is 8.08. The van der Waals surface area contributed by atoms with E-state index >= 15 is 0 Å². The van der Waals surface area contributed by atoms with E-state index in [-0.39, 0.29) is 5.82 Å². The molecule has 0 radical (unpaired) electrons. The average molecular weight is 380 g/mol. The van der Waals surface area contributed by atoms with Gasteiger partial charge in [0.1, 0.15) is 11.6 Å². The number of nitrogens with zero attached hydrogens (tertiary/aromatic N) is 4. The van der Waals surface area contributed by atoms with Crippen LogP contribution < -0.4 is 20.3 Å². The first kappa shape index (κ1) is 18.0. The van der Waals surface area contributed by atoms with Crippen molar-refractivity contribution in [2.24, 2.45) is 0 Å². The van der Waals surface area contributed by atoms with Gasteiger partial charge in [0, 0.05) is 30.5 Å². The van der Waals surface area contributed by atoms with Gasteiger partial charge in [0.15, 0.2) is 0 Å². The first-order valence-electron chi connectivity index (χ1n) is 9.14. The Labute approximate surface area is 162 Å². The van der Waals surface area contributed by atoms with Crippen LogP contribution in [-0.2, 0) is 0 Å². The number of hydrogen-bond donors (Lipinski definition) is 2. The van der Waals surface area contributed by atoms with Crippen LogP contribution in [0.2, 0.25) is 0 Å². The molecule has 7 nitrogen and oxygen atoms in total. The molecule has 0 aliphatic carbocycles. The standard InChI is InChI=1S/C20H21FN6O/c1-28-17-6-4-5-16(13-17)23-19-24-18(22-15-9-7-14(21)8-10-15)25-20(26-19)27-11-2-3-12-27/h4-10,13H,2-3,11-12H2,1H3,(H2,22,23,24,25,26). The molecule has 0 bridgehead atoms. The van der Waals surface area contributed by atoms with Crippen molar-refractivity contribution in [2.45, 2.75) is 12.8 Å². The summed E-state index contributed by atoms with van der Waals surface area (Å²) in [5, 5.41) is 6.33. The van der Waals surface area contributed by atoms with E-state index < -0.39 is 0 Å². The Kier molecular flexibility index (Phi) is 5.18. The molecule has 4 rings (SSSR count). The number of rotatable bonds is 6. The Balaban J connectivity index is 1.63. The van der Waals surface area contributed by atoms with Crippen molar-refractivity contribution in [1.29, 1.82) is 0 Å². The lowest BCUT2D eigenvalue weighted by Gasteiger charge is -2.17. The van der Waals surface area contributed by atoms with Gasteiger partial charge in [0.05, 0.1) is 7.11 Å². The van der Waals surface area contributed by atoms with Crippen molar-refractivity contribution in [2.75, 3.05) is 35.7 Å². The number of methoxy groups -OCH3 is 1. The molecule has 8 heteroatoms. The molecule has 144 valence electrons. The summed E-state index contributed by atoms with van der Waals surface area (Å²) in [4.78, 5) is 15.7. The fourth-order valence-corrected chi connectivity index (χ4v) is 3.03. The van der Waals surface area contributed by atoms with Crippen LogP contribution in [0.1, 0.15) is 12.8 Å². The molecule has 28 heavy (non-hydrogen) atoms. The molecule has 0 saturated carbocycles. The molecule has 1 aliphatic rings. The average Bonchev–Trinajstić information content (AvgIpc) is 3.25. The molecule has 2 heterocycles. The fraction of sp³-hybridized carbons (Fsp3) is 0.250. The molecule has 0 spiro atoms. The highest BCUT2D eigenvalue weighted by Crippen LogP contribution is 2.24. The van der Waals surface area contributed by atoms with Crippen LogP contribution in [-0.4, -0.2) is 35.2 Å². The molecule has 2 N–H and O–H groups in total. The van der Waals surface area contributed by atoms with Crippen molar-refractivity contribution in [1.82, 2.24) is 15.0 Å². The topological polar surface area (TPSA) is 75.2 Å². The molecule has 2 aromatic carbocycles. The van der Waals surface area contributed by atoms with Gasteiger partial charge in [-0.15, -0.1) is 0 Å². The van der Waals surface area contributed by atoms with Gasteiger partial charge in [-0.1, -0.05) is 6.07 Å². The van der Waals surface area contributed by atoms with E-state index in [9.17, 15) is 4.39 Å². The summed E-state index contributed by atoms with van der Waals surface area (Å²) >= 11 is 0. The van der Waals surface area contributed by atoms with E-state index in [1.54, 1.807) is 19.2 Å². The predicted octanol–water partition coefficient (Wildman–Crippen LogP) is 4.11. The zero-order chi connectivity index (χ0) is 19.3. The molecule has 1 saturated heterocycles. The third kappa shape index (κ3) is 4.28. The minimum absolute atomic E-state index is 0.292. The van der Waals surface area contributed by atoms with Gasteiger partial charge in [-0.05, 0) is 49.2 Å². The van der Waals surface area contributed by atoms with Gasteiger partial charge < -0.3 is 20.3 Å². The maximum absolute atomic E-state index is 13.2. The lowest BCUT2D eigenvalue weighted by Crippen LogP contribution is -2.21. The van der Waals surface area contributed by atoms with Crippen LogP contribution >= 0.6 is 0 Å². The number of ether oxygens (including phenoxy) is 1. The van der Waals surface area contributed by atoms with Crippen molar-refractivity contribution >= 4 is 29.2 Å². The predicted molar refractivity (Wildman–Crippen MR) is 107 cm³/mol. The first-order chi connectivity index (χ1) is 13.7. The molecular weight excluding hydrogens is 359 g/mol. The van der Waals surface area contributed by atoms with E-state index in [2.05, 4.69) is 30.5 Å². The van der Waals surface area contributed by atoms with Crippen molar-refractivity contribution in [3.05, 3.63) is 54.3 Å². The Hall–Kier alpha value is -3.42. The van der Waals surface area contributed by atoms with Gasteiger partial charge in [0.25, 0.3) is 0 Å². The molecule has 0 atom stereocenters. The zero-order valence-electron chi connectivity index (χ0n) is 15.5. The van der Waals surface area contributed by atoms with Gasteiger partial charge in [-0.2, -0.15) is 15.0 Å². The number of benzene rings is 2. The minimum Gasteiger partial charge on any atom is -0.497 e. The van der Waals surface area contributed by atoms with E-state index in [0.29, 0.717) is 23.5 Å². The van der Waals surface area contributed by atoms with Crippen LogP contribution in [0.5, 0.6) is 5.75 Å². The van der Waals surface area contributed by atoms with Gasteiger partial charge in [-0.25, -0.2) is 4.39 Å². The summed E-state index contributed by atoms with van der Waals surface area (Å²) in [6.45, 7) is 1.83. The zero-order valence-corrected chi connectivity index (χ0v) is 15.5. The van der Waals surface area contributed by atoms with E-state index in [0.717, 1.165) is 37.4 Å². The Morgan fingerprint density at radius 3 is 2.25 bits per heavy atom. The molecular formula is C20H21FN6O. The Morgan fingerprint density at radius 1 is 0.893 bits per heavy atom. The summed E-state index contributed by atoms with van der Waals surface area (Å²) < 4.78 is 18.4. The highest BCUT2D eigenvalue weighted by atomic mass is 19.1. The summed E-state index contributed by atoms with van der Waals surface area (Å²) in [5.74, 6) is 1.88. The quantitative estimate of drug-likeness (QED) is 0.667. The molecule has 1 aliphatic heterocycles. The maximum Gasteiger partial charge on any atom is 0.233 e. The first-order valence-corrected chi connectivity index (χ1v) is 9.14. The van der Waals surface area contributed by atoms with Crippen molar-refractivity contribution in [3.63, 3.8) is 0 Å². The number of halogens is 1. The summed E-state index contributed by atoms with van der Waals surface area (Å²) in [6.07, 6.45) is 2.23. The number of anilines is 5. The third-order valence-corrected chi connectivity index (χ3v) is 4.44. The molecule has 3 aromatic rings. The minimum atomic E-state index is -0.292. The summed E-state index contributed by atoms with van der Waals surface area (Å²) in [5.41, 5.74) is 1.51. The van der Waals surface area contributed by atoms with E-state index in [4.69, 9.17) is 4.74 Å². The fourth-order valence-electron chi connectivity index (χ4n) is 3.03. The van der Waals surface area contributed by atoms with Gasteiger partial charge in [0.2, 0.25) is 17.8 Å². The Bertz CT molecular complexity index is 944. The van der Waals surface area contributed by atoms with Crippen LogP contribution in [0.15, 0.2) is 48.5 Å². The summed E-state index contributed by atoms with van der Waals surface area (Å²) in [7, 11) is 1.62. The smallest absolute Gasteiger partial charge is 0.233 e. The van der Waals surface area contributed by atoms with Gasteiger partial charge in [-0.3, -0.25) is 0 Å². The van der Waals surface area contributed by atoms with Crippen LogP contribution in [0.3, 0.4) is 0 Å². The van der Waals surface area contributed by atoms with Gasteiger partial charge >= 0.3 is 0 Å². The SMILES string of the molecule is COc1cccc(Nc2nc(Nc3ccc(F)cc3)nc(N3CCCC3)n2)c1. The van der Waals surface area contributed by atoms with Crippen molar-refractivity contribution in [3.8, 4) is 5.75 Å². The third-order valence-electron chi connectivity index (χ3n) is 4.44. The van der Waals surface area contributed by atoms with E-state index in [1.165, 1.54) is 12.1 Å². The lowest BCUT2D eigenvalue weighted by molar-refractivity contribution is 0.415. The van der Waals surface area contributed by atoms with Crippen LogP contribution in [0, 0.1) is 5.82 Å². The lowest BCUT2D eigenvalue weighted by atomic mass is 10.3. The molecule has 0 amide bonds. The second-order valence-electron chi connectivity index (χ2n) is 6.47. The largest absolute Gasteiger partial charge is 0.497 e. The number of nitrogens with one attached hydrogen (secondary N) is 2. The molecule has 1 aromatic heterocycles. The molecule has 0 unspecified atom stereocenters. The summed E-state index contributed by atoms with van der Waals surface area (Å²) in [6, 6.07) is 13.6. The van der Waals surface area contributed by atoms with Crippen molar-refractivity contribution < 1.29 is 9.13 Å². The number of hydrogen-bond acceptors (Lipinski definition) is 7. The van der Waals surface area contributed by atoms with Crippen LogP contribution in [0.25, 0.3) is 0 Å². The monoisotopic (exact) mass is 380 g/mol. The van der Waals surface area contributed by atoms with Crippen LogP contribution in [0.4, 0.5) is 33.6 Å². The Morgan fingerprint density at radius 2 is 1.57 bits per heavy atom. The highest BCUT2D eigenvalue weighted by molar-refractivity contribution is 5.60. The normalized spacial score (nSPS) is 13.4.